The lowest BCUT2D eigenvalue weighted by Crippen LogP contribution is -2.46. The Bertz CT molecular complexity index is 869. The van der Waals surface area contributed by atoms with Crippen LogP contribution in [0, 0.1) is 0 Å². The van der Waals surface area contributed by atoms with Crippen molar-refractivity contribution in [1.29, 1.82) is 0 Å². The Morgan fingerprint density at radius 1 is 1.19 bits per heavy atom. The van der Waals surface area contributed by atoms with E-state index < -0.39 is 10.0 Å². The second-order valence-electron chi connectivity index (χ2n) is 6.11. The number of benzene rings is 2. The summed E-state index contributed by atoms with van der Waals surface area (Å²) in [5, 5.41) is 0. The van der Waals surface area contributed by atoms with E-state index in [0.29, 0.717) is 25.4 Å². The molecule has 3 rings (SSSR count). The summed E-state index contributed by atoms with van der Waals surface area (Å²) in [7, 11) is -2.26. The van der Waals surface area contributed by atoms with Crippen LogP contribution in [0.5, 0.6) is 5.75 Å². The van der Waals surface area contributed by atoms with Gasteiger partial charge < -0.3 is 14.4 Å². The number of carbonyl (C=O) groups is 1. The van der Waals surface area contributed by atoms with Gasteiger partial charge in [0.25, 0.3) is 0 Å². The molecule has 0 aliphatic carbocycles. The Hall–Kier alpha value is -2.42. The van der Waals surface area contributed by atoms with Crippen LogP contribution in [-0.2, 0) is 19.6 Å². The summed E-state index contributed by atoms with van der Waals surface area (Å²) >= 11 is 0. The molecule has 2 aromatic carbocycles. The molecule has 1 heterocycles. The van der Waals surface area contributed by atoms with Gasteiger partial charge in [0.15, 0.2) is 0 Å². The maximum Gasteiger partial charge on any atom is 0.241 e. The largest absolute Gasteiger partial charge is 0.497 e. The van der Waals surface area contributed by atoms with Gasteiger partial charge >= 0.3 is 0 Å². The van der Waals surface area contributed by atoms with Crippen LogP contribution in [0.3, 0.4) is 0 Å². The van der Waals surface area contributed by atoms with Gasteiger partial charge in [-0.1, -0.05) is 30.3 Å². The first-order chi connectivity index (χ1) is 13.0. The number of rotatable bonds is 6. The first-order valence-corrected chi connectivity index (χ1v) is 10.1. The van der Waals surface area contributed by atoms with E-state index in [1.165, 1.54) is 19.2 Å². The molecule has 1 aliphatic heterocycles. The van der Waals surface area contributed by atoms with E-state index in [0.717, 1.165) is 5.56 Å². The summed E-state index contributed by atoms with van der Waals surface area (Å²) in [4.78, 5) is 14.2. The normalized spacial score (nSPS) is 17.5. The van der Waals surface area contributed by atoms with Crippen LogP contribution in [0.4, 0.5) is 0 Å². The van der Waals surface area contributed by atoms with Crippen LogP contribution in [0.25, 0.3) is 0 Å². The average molecular weight is 390 g/mol. The molecule has 1 atom stereocenters. The smallest absolute Gasteiger partial charge is 0.241 e. The first-order valence-electron chi connectivity index (χ1n) is 8.57. The Morgan fingerprint density at radius 3 is 2.56 bits per heavy atom. The number of ether oxygens (including phenoxy) is 2. The average Bonchev–Trinajstić information content (AvgIpc) is 2.73. The van der Waals surface area contributed by atoms with Crippen molar-refractivity contribution in [2.75, 3.05) is 33.4 Å². The Kier molecular flexibility index (Phi) is 6.10. The molecule has 1 aliphatic rings. The fourth-order valence-electron chi connectivity index (χ4n) is 2.85. The highest BCUT2D eigenvalue weighted by Crippen LogP contribution is 2.22. The van der Waals surface area contributed by atoms with E-state index in [1.807, 2.05) is 30.3 Å². The molecule has 0 aromatic heterocycles. The number of nitrogens with one attached hydrogen (secondary N) is 1. The third-order valence-electron chi connectivity index (χ3n) is 4.37. The van der Waals surface area contributed by atoms with E-state index in [-0.39, 0.29) is 23.5 Å². The van der Waals surface area contributed by atoms with Crippen molar-refractivity contribution >= 4 is 15.9 Å². The maximum absolute atomic E-state index is 12.5. The molecule has 2 aromatic rings. The Morgan fingerprint density at radius 2 is 1.89 bits per heavy atom. The van der Waals surface area contributed by atoms with Gasteiger partial charge in [-0.2, -0.15) is 0 Å². The van der Waals surface area contributed by atoms with Crippen molar-refractivity contribution in [3.63, 3.8) is 0 Å². The molecule has 0 spiro atoms. The lowest BCUT2D eigenvalue weighted by atomic mass is 10.1. The SMILES string of the molecule is COc1ccc(S(=O)(=O)NCC(=O)N2CCO[C@H](c3ccccc3)C2)cc1. The minimum Gasteiger partial charge on any atom is -0.497 e. The van der Waals surface area contributed by atoms with Crippen molar-refractivity contribution in [2.45, 2.75) is 11.0 Å². The number of hydrogen-bond donors (Lipinski definition) is 1. The number of sulfonamides is 1. The van der Waals surface area contributed by atoms with Gasteiger partial charge in [0.05, 0.1) is 31.7 Å². The summed E-state index contributed by atoms with van der Waals surface area (Å²) in [5.74, 6) is 0.279. The molecule has 1 saturated heterocycles. The monoisotopic (exact) mass is 390 g/mol. The summed E-state index contributed by atoms with van der Waals surface area (Å²) in [5.41, 5.74) is 0.994. The minimum atomic E-state index is -3.77. The van der Waals surface area contributed by atoms with Crippen LogP contribution in [0.15, 0.2) is 59.5 Å². The molecular formula is C19H22N2O5S. The van der Waals surface area contributed by atoms with Crippen LogP contribution in [0.2, 0.25) is 0 Å². The topological polar surface area (TPSA) is 84.9 Å². The third kappa shape index (κ3) is 4.85. The Balaban J connectivity index is 1.59. The summed E-state index contributed by atoms with van der Waals surface area (Å²) < 4.78 is 37.8. The quantitative estimate of drug-likeness (QED) is 0.809. The summed E-state index contributed by atoms with van der Waals surface area (Å²) in [6.07, 6.45) is -0.206. The van der Waals surface area contributed by atoms with Gasteiger partial charge in [0, 0.05) is 6.54 Å². The number of hydrogen-bond acceptors (Lipinski definition) is 5. The summed E-state index contributed by atoms with van der Waals surface area (Å²) in [6, 6.07) is 15.6. The molecule has 0 bridgehead atoms. The number of methoxy groups -OCH3 is 1. The maximum atomic E-state index is 12.5. The van der Waals surface area contributed by atoms with E-state index in [2.05, 4.69) is 4.72 Å². The highest BCUT2D eigenvalue weighted by molar-refractivity contribution is 7.89. The molecule has 8 heteroatoms. The van der Waals surface area contributed by atoms with Crippen molar-refractivity contribution in [3.05, 3.63) is 60.2 Å². The molecule has 0 saturated carbocycles. The second-order valence-corrected chi connectivity index (χ2v) is 7.88. The molecule has 1 amide bonds. The lowest BCUT2D eigenvalue weighted by Gasteiger charge is -2.33. The van der Waals surface area contributed by atoms with Gasteiger partial charge in [-0.3, -0.25) is 4.79 Å². The van der Waals surface area contributed by atoms with Crippen LogP contribution in [-0.4, -0.2) is 52.6 Å². The van der Waals surface area contributed by atoms with Gasteiger partial charge in [-0.05, 0) is 29.8 Å². The van der Waals surface area contributed by atoms with Crippen molar-refractivity contribution in [3.8, 4) is 5.75 Å². The molecule has 1 fully saturated rings. The number of amides is 1. The lowest BCUT2D eigenvalue weighted by molar-refractivity contribution is -0.137. The molecule has 144 valence electrons. The molecule has 27 heavy (non-hydrogen) atoms. The van der Waals surface area contributed by atoms with Crippen molar-refractivity contribution in [1.82, 2.24) is 9.62 Å². The number of nitrogens with zero attached hydrogens (tertiary/aromatic N) is 1. The fourth-order valence-corrected chi connectivity index (χ4v) is 3.83. The zero-order valence-corrected chi connectivity index (χ0v) is 15.8. The predicted molar refractivity (Wildman–Crippen MR) is 99.9 cm³/mol. The van der Waals surface area contributed by atoms with E-state index >= 15 is 0 Å². The molecule has 1 N–H and O–H groups in total. The minimum absolute atomic E-state index is 0.0836. The zero-order valence-electron chi connectivity index (χ0n) is 15.0. The fraction of sp³-hybridized carbons (Fsp3) is 0.316. The van der Waals surface area contributed by atoms with Crippen LogP contribution in [0.1, 0.15) is 11.7 Å². The van der Waals surface area contributed by atoms with E-state index in [9.17, 15) is 13.2 Å². The predicted octanol–water partition coefficient (Wildman–Crippen LogP) is 1.57. The van der Waals surface area contributed by atoms with Gasteiger partial charge in [-0.25, -0.2) is 13.1 Å². The summed E-state index contributed by atoms with van der Waals surface area (Å²) in [6.45, 7) is 0.950. The van der Waals surface area contributed by atoms with Crippen LogP contribution >= 0.6 is 0 Å². The van der Waals surface area contributed by atoms with Crippen molar-refractivity contribution in [2.24, 2.45) is 0 Å². The molecule has 0 radical (unpaired) electrons. The number of morpholine rings is 1. The molecular weight excluding hydrogens is 368 g/mol. The number of carbonyl (C=O) groups excluding carboxylic acids is 1. The van der Waals surface area contributed by atoms with E-state index in [1.54, 1.807) is 17.0 Å². The van der Waals surface area contributed by atoms with Gasteiger partial charge in [-0.15, -0.1) is 0 Å². The van der Waals surface area contributed by atoms with Gasteiger partial charge in [0.2, 0.25) is 15.9 Å². The van der Waals surface area contributed by atoms with E-state index in [4.69, 9.17) is 9.47 Å². The highest BCUT2D eigenvalue weighted by Gasteiger charge is 2.26. The van der Waals surface area contributed by atoms with Gasteiger partial charge in [0.1, 0.15) is 11.9 Å². The van der Waals surface area contributed by atoms with Crippen molar-refractivity contribution < 1.29 is 22.7 Å². The zero-order chi connectivity index (χ0) is 19.3. The molecule has 7 nitrogen and oxygen atoms in total. The first kappa shape index (κ1) is 19.3. The van der Waals surface area contributed by atoms with Crippen LogP contribution < -0.4 is 9.46 Å². The molecule has 0 unspecified atom stereocenters. The highest BCUT2D eigenvalue weighted by atomic mass is 32.2. The third-order valence-corrected chi connectivity index (χ3v) is 5.79. The standard InChI is InChI=1S/C19H22N2O5S/c1-25-16-7-9-17(10-8-16)27(23,24)20-13-19(22)21-11-12-26-18(14-21)15-5-3-2-4-6-15/h2-10,18,20H,11-14H2,1H3/t18-/m0/s1. The second kappa shape index (κ2) is 8.51. The Labute approximate surface area is 158 Å².